The number of benzene rings is 1. The zero-order chi connectivity index (χ0) is 24.5. The summed E-state index contributed by atoms with van der Waals surface area (Å²) in [5.74, 6) is -0.717. The third-order valence-corrected chi connectivity index (χ3v) is 7.72. The molecule has 2 heterocycles. The Morgan fingerprint density at radius 1 is 1.26 bits per heavy atom. The van der Waals surface area contributed by atoms with Crippen molar-refractivity contribution in [2.24, 2.45) is 4.99 Å². The largest absolute Gasteiger partial charge is 0.465 e. The first-order valence-electron chi connectivity index (χ1n) is 10.7. The van der Waals surface area contributed by atoms with E-state index < -0.39 is 23.2 Å². The lowest BCUT2D eigenvalue weighted by molar-refractivity contribution is -0.146. The van der Waals surface area contributed by atoms with Gasteiger partial charge in [-0.3, -0.25) is 9.79 Å². The topological polar surface area (TPSA) is 89.9 Å². The SMILES string of the molecule is CCOC(=O)C1=C(CBr)NC(c2nc(C3(C(=O)OCC)CC3)cs2)=NC1c1ccc(F)cc1Br. The van der Waals surface area contributed by atoms with Crippen molar-refractivity contribution in [2.75, 3.05) is 18.5 Å². The smallest absolute Gasteiger partial charge is 0.338 e. The molecule has 1 aromatic carbocycles. The van der Waals surface area contributed by atoms with Crippen LogP contribution < -0.4 is 5.32 Å². The zero-order valence-electron chi connectivity index (χ0n) is 18.5. The summed E-state index contributed by atoms with van der Waals surface area (Å²) in [5.41, 5.74) is 1.49. The molecule has 1 aromatic heterocycles. The number of carbonyl (C=O) groups excluding carboxylic acids is 2. The normalized spacial score (nSPS) is 18.7. The van der Waals surface area contributed by atoms with Gasteiger partial charge < -0.3 is 14.8 Å². The van der Waals surface area contributed by atoms with E-state index in [0.29, 0.717) is 62.6 Å². The molecule has 0 spiro atoms. The van der Waals surface area contributed by atoms with Crippen molar-refractivity contribution >= 4 is 61.0 Å². The number of nitrogens with one attached hydrogen (secondary N) is 1. The van der Waals surface area contributed by atoms with Gasteiger partial charge in [0.05, 0.1) is 24.5 Å². The molecule has 1 aliphatic carbocycles. The first kappa shape index (κ1) is 25.0. The van der Waals surface area contributed by atoms with Crippen molar-refractivity contribution in [3.63, 3.8) is 0 Å². The number of alkyl halides is 1. The predicted octanol–water partition coefficient (Wildman–Crippen LogP) is 4.94. The van der Waals surface area contributed by atoms with Gasteiger partial charge in [-0.25, -0.2) is 14.2 Å². The van der Waals surface area contributed by atoms with Crippen molar-refractivity contribution in [3.8, 4) is 0 Å². The Balaban J connectivity index is 1.76. The molecule has 1 N–H and O–H groups in total. The van der Waals surface area contributed by atoms with Crippen molar-refractivity contribution in [2.45, 2.75) is 38.1 Å². The van der Waals surface area contributed by atoms with Gasteiger partial charge in [0.25, 0.3) is 0 Å². The van der Waals surface area contributed by atoms with E-state index in [1.165, 1.54) is 23.5 Å². The van der Waals surface area contributed by atoms with E-state index in [4.69, 9.17) is 19.5 Å². The van der Waals surface area contributed by atoms with E-state index >= 15 is 0 Å². The Bertz CT molecular complexity index is 1190. The average molecular weight is 615 g/mol. The Kier molecular flexibility index (Phi) is 7.54. The number of ether oxygens (including phenoxy) is 2. The summed E-state index contributed by atoms with van der Waals surface area (Å²) in [6.07, 6.45) is 1.39. The molecular weight excluding hydrogens is 593 g/mol. The van der Waals surface area contributed by atoms with Crippen LogP contribution in [-0.4, -0.2) is 41.3 Å². The number of hydrogen-bond acceptors (Lipinski definition) is 8. The third kappa shape index (κ3) is 4.70. The lowest BCUT2D eigenvalue weighted by atomic mass is 9.96. The van der Waals surface area contributed by atoms with Gasteiger partial charge in [-0.2, -0.15) is 0 Å². The molecule has 1 aliphatic heterocycles. The molecule has 0 amide bonds. The van der Waals surface area contributed by atoms with Crippen LogP contribution >= 0.6 is 43.2 Å². The number of thiazole rings is 1. The molecule has 1 atom stereocenters. The second-order valence-electron chi connectivity index (χ2n) is 7.76. The van der Waals surface area contributed by atoms with Crippen LogP contribution in [0.15, 0.2) is 44.3 Å². The molecule has 1 fully saturated rings. The van der Waals surface area contributed by atoms with Crippen molar-refractivity contribution in [1.82, 2.24) is 10.3 Å². The third-order valence-electron chi connectivity index (χ3n) is 5.63. The minimum absolute atomic E-state index is 0.206. The fourth-order valence-corrected chi connectivity index (χ4v) is 5.65. The van der Waals surface area contributed by atoms with Gasteiger partial charge in [0.1, 0.15) is 17.3 Å². The van der Waals surface area contributed by atoms with E-state index in [2.05, 4.69) is 37.2 Å². The summed E-state index contributed by atoms with van der Waals surface area (Å²) >= 11 is 8.21. The van der Waals surface area contributed by atoms with Crippen LogP contribution in [0.5, 0.6) is 0 Å². The molecule has 34 heavy (non-hydrogen) atoms. The number of halogens is 3. The maximum atomic E-state index is 13.8. The van der Waals surface area contributed by atoms with Gasteiger partial charge in [0, 0.05) is 20.9 Å². The minimum atomic E-state index is -0.745. The highest BCUT2D eigenvalue weighted by atomic mass is 79.9. The molecule has 11 heteroatoms. The Morgan fingerprint density at radius 2 is 2.00 bits per heavy atom. The average Bonchev–Trinajstić information content (AvgIpc) is 3.48. The van der Waals surface area contributed by atoms with Gasteiger partial charge >= 0.3 is 11.9 Å². The minimum Gasteiger partial charge on any atom is -0.465 e. The van der Waals surface area contributed by atoms with Gasteiger partial charge in [0.2, 0.25) is 0 Å². The summed E-state index contributed by atoms with van der Waals surface area (Å²) in [6.45, 7) is 4.03. The Hall–Kier alpha value is -2.11. The lowest BCUT2D eigenvalue weighted by Gasteiger charge is -2.27. The fraction of sp³-hybridized carbons (Fsp3) is 0.391. The fourth-order valence-electron chi connectivity index (χ4n) is 3.77. The summed E-state index contributed by atoms with van der Waals surface area (Å²) in [5, 5.41) is 5.97. The van der Waals surface area contributed by atoms with Crippen LogP contribution in [-0.2, 0) is 24.5 Å². The molecule has 0 saturated heterocycles. The molecule has 2 aliphatic rings. The Labute approximate surface area is 217 Å². The molecular formula is C23H22Br2FN3O4S. The van der Waals surface area contributed by atoms with E-state index in [9.17, 15) is 14.0 Å². The van der Waals surface area contributed by atoms with Crippen LogP contribution in [0.4, 0.5) is 4.39 Å². The number of hydrogen-bond donors (Lipinski definition) is 1. The van der Waals surface area contributed by atoms with Crippen LogP contribution in [0.2, 0.25) is 0 Å². The molecule has 180 valence electrons. The highest BCUT2D eigenvalue weighted by Gasteiger charge is 2.54. The monoisotopic (exact) mass is 613 g/mol. The number of rotatable bonds is 8. The van der Waals surface area contributed by atoms with Gasteiger partial charge in [-0.15, -0.1) is 11.3 Å². The van der Waals surface area contributed by atoms with Crippen LogP contribution in [0.25, 0.3) is 0 Å². The number of amidine groups is 1. The molecule has 7 nitrogen and oxygen atoms in total. The van der Waals surface area contributed by atoms with Crippen LogP contribution in [0, 0.1) is 5.82 Å². The number of esters is 2. The van der Waals surface area contributed by atoms with Gasteiger partial charge in [-0.05, 0) is 44.4 Å². The van der Waals surface area contributed by atoms with Gasteiger partial charge in [0.15, 0.2) is 10.8 Å². The molecule has 1 unspecified atom stereocenters. The molecule has 1 saturated carbocycles. The summed E-state index contributed by atoms with van der Waals surface area (Å²) in [7, 11) is 0. The number of aliphatic imine (C=N–C) groups is 1. The standard InChI is InChI=1S/C23H22Br2FN3O4S/c1-3-32-21(30)17-15(10-24)27-19(29-18(17)13-6-5-12(26)9-14(13)25)20-28-16(11-34-20)23(7-8-23)22(31)33-4-2/h5-6,9,11,18H,3-4,7-8,10H2,1-2H3,(H,27,29). The van der Waals surface area contributed by atoms with Gasteiger partial charge in [-0.1, -0.05) is 37.9 Å². The first-order valence-corrected chi connectivity index (χ1v) is 13.5. The predicted molar refractivity (Wildman–Crippen MR) is 134 cm³/mol. The summed E-state index contributed by atoms with van der Waals surface area (Å²) in [6, 6.07) is 3.51. The maximum Gasteiger partial charge on any atom is 0.338 e. The second-order valence-corrected chi connectivity index (χ2v) is 10.0. The lowest BCUT2D eigenvalue weighted by Crippen LogP contribution is -2.34. The number of carbonyl (C=O) groups is 2. The van der Waals surface area contributed by atoms with E-state index in [1.54, 1.807) is 19.9 Å². The maximum absolute atomic E-state index is 13.8. The molecule has 0 bridgehead atoms. The molecule has 2 aromatic rings. The summed E-state index contributed by atoms with van der Waals surface area (Å²) < 4.78 is 24.8. The first-order chi connectivity index (χ1) is 16.3. The highest BCUT2D eigenvalue weighted by Crippen LogP contribution is 2.49. The summed E-state index contributed by atoms with van der Waals surface area (Å²) in [4.78, 5) is 34.9. The van der Waals surface area contributed by atoms with Crippen LogP contribution in [0.3, 0.4) is 0 Å². The van der Waals surface area contributed by atoms with Crippen molar-refractivity contribution in [3.05, 3.63) is 61.4 Å². The van der Waals surface area contributed by atoms with Crippen LogP contribution in [0.1, 0.15) is 49.0 Å². The quantitative estimate of drug-likeness (QED) is 0.335. The molecule has 0 radical (unpaired) electrons. The highest BCUT2D eigenvalue weighted by molar-refractivity contribution is 9.10. The Morgan fingerprint density at radius 3 is 2.62 bits per heavy atom. The second kappa shape index (κ2) is 10.2. The number of nitrogens with zero attached hydrogens (tertiary/aromatic N) is 2. The van der Waals surface area contributed by atoms with E-state index in [-0.39, 0.29) is 12.6 Å². The van der Waals surface area contributed by atoms with Crippen molar-refractivity contribution < 1.29 is 23.5 Å². The number of allylic oxidation sites excluding steroid dienone is 1. The number of aromatic nitrogens is 1. The van der Waals surface area contributed by atoms with Crippen molar-refractivity contribution in [1.29, 1.82) is 0 Å². The molecule has 4 rings (SSSR count). The zero-order valence-corrected chi connectivity index (χ0v) is 22.5. The van der Waals surface area contributed by atoms with E-state index in [1.807, 2.05) is 5.38 Å². The van der Waals surface area contributed by atoms with E-state index in [0.717, 1.165) is 0 Å².